The molecule has 0 radical (unpaired) electrons. The summed E-state index contributed by atoms with van der Waals surface area (Å²) in [7, 11) is 0. The van der Waals surface area contributed by atoms with Gasteiger partial charge in [-0.25, -0.2) is 24.9 Å². The summed E-state index contributed by atoms with van der Waals surface area (Å²) in [5.41, 5.74) is 2.14. The second-order valence-electron chi connectivity index (χ2n) is 7.23. The molecule has 0 bridgehead atoms. The Hall–Kier alpha value is -3.62. The number of hydrogen-bond acceptors (Lipinski definition) is 6. The Bertz CT molecular complexity index is 1240. The molecule has 1 aromatic carbocycles. The van der Waals surface area contributed by atoms with Crippen molar-refractivity contribution in [1.82, 2.24) is 24.9 Å². The van der Waals surface area contributed by atoms with Crippen LogP contribution in [0.25, 0.3) is 22.2 Å². The Morgan fingerprint density at radius 1 is 0.968 bits per heavy atom. The van der Waals surface area contributed by atoms with Gasteiger partial charge in [0.25, 0.3) is 0 Å². The monoisotopic (exact) mass is 424 g/mol. The molecule has 9 heteroatoms. The molecule has 0 amide bonds. The molecule has 4 aromatic rings. The van der Waals surface area contributed by atoms with E-state index in [4.69, 9.17) is 0 Å². The molecule has 4 rings (SSSR count). The molecule has 0 aliphatic carbocycles. The van der Waals surface area contributed by atoms with Crippen molar-refractivity contribution in [2.24, 2.45) is 0 Å². The lowest BCUT2D eigenvalue weighted by Gasteiger charge is -2.21. The average molecular weight is 424 g/mol. The predicted octanol–water partition coefficient (Wildman–Crippen LogP) is 5.29. The first-order chi connectivity index (χ1) is 14.7. The molecule has 3 aromatic heterocycles. The van der Waals surface area contributed by atoms with Gasteiger partial charge in [-0.2, -0.15) is 13.2 Å². The third-order valence-electron chi connectivity index (χ3n) is 5.06. The summed E-state index contributed by atoms with van der Waals surface area (Å²) >= 11 is 0. The number of halogens is 3. The summed E-state index contributed by atoms with van der Waals surface area (Å²) in [5.74, 6) is 1.00. The maximum absolute atomic E-state index is 13.3. The molecular formula is C22H19F3N6. The Balaban J connectivity index is 1.76. The number of pyridine rings is 1. The van der Waals surface area contributed by atoms with Crippen molar-refractivity contribution in [3.05, 3.63) is 71.7 Å². The number of nitrogens with zero attached hydrogens (tertiary/aromatic N) is 5. The number of hydrogen-bond donors (Lipinski definition) is 1. The highest BCUT2D eigenvalue weighted by Crippen LogP contribution is 2.35. The van der Waals surface area contributed by atoms with Gasteiger partial charge in [0, 0.05) is 29.7 Å². The zero-order valence-electron chi connectivity index (χ0n) is 17.1. The van der Waals surface area contributed by atoms with Crippen LogP contribution >= 0.6 is 0 Å². The van der Waals surface area contributed by atoms with Crippen molar-refractivity contribution in [1.29, 1.82) is 0 Å². The Labute approximate surface area is 176 Å². The van der Waals surface area contributed by atoms with Gasteiger partial charge in [-0.15, -0.1) is 0 Å². The highest BCUT2D eigenvalue weighted by atomic mass is 19.4. The van der Waals surface area contributed by atoms with E-state index < -0.39 is 17.8 Å². The van der Waals surface area contributed by atoms with E-state index in [9.17, 15) is 13.2 Å². The van der Waals surface area contributed by atoms with Crippen LogP contribution in [-0.4, -0.2) is 24.9 Å². The molecule has 1 N–H and O–H groups in total. The average Bonchev–Trinajstić information content (AvgIpc) is 2.73. The Kier molecular flexibility index (Phi) is 5.26. The minimum Gasteiger partial charge on any atom is -0.363 e. The summed E-state index contributed by atoms with van der Waals surface area (Å²) in [4.78, 5) is 21.3. The molecule has 158 valence electrons. The summed E-state index contributed by atoms with van der Waals surface area (Å²) in [6, 6.07) is 5.64. The number of aryl methyl sites for hydroxylation is 1. The van der Waals surface area contributed by atoms with Crippen LogP contribution in [0.1, 0.15) is 35.5 Å². The topological polar surface area (TPSA) is 76.5 Å². The molecule has 0 aliphatic rings. The van der Waals surface area contributed by atoms with Crippen LogP contribution < -0.4 is 5.32 Å². The molecule has 0 saturated carbocycles. The predicted molar refractivity (Wildman–Crippen MR) is 111 cm³/mol. The van der Waals surface area contributed by atoms with Gasteiger partial charge >= 0.3 is 6.18 Å². The lowest BCUT2D eigenvalue weighted by Crippen LogP contribution is -2.14. The van der Waals surface area contributed by atoms with Crippen molar-refractivity contribution < 1.29 is 13.2 Å². The zero-order valence-corrected chi connectivity index (χ0v) is 17.1. The zero-order chi connectivity index (χ0) is 22.2. The Morgan fingerprint density at radius 3 is 2.42 bits per heavy atom. The number of anilines is 1. The maximum atomic E-state index is 13.3. The largest absolute Gasteiger partial charge is 0.416 e. The first-order valence-corrected chi connectivity index (χ1v) is 9.57. The SMILES string of the molecule is Cc1nc(N[C@H](C)c2cccc(C(F)(F)F)c2C)c2cc(-c3cncnc3)cnc2n1. The lowest BCUT2D eigenvalue weighted by atomic mass is 9.97. The minimum atomic E-state index is -4.41. The van der Waals surface area contributed by atoms with Gasteiger partial charge in [0.2, 0.25) is 0 Å². The number of nitrogens with one attached hydrogen (secondary N) is 1. The van der Waals surface area contributed by atoms with Crippen LogP contribution in [0.4, 0.5) is 19.0 Å². The number of aromatic nitrogens is 5. The van der Waals surface area contributed by atoms with Gasteiger partial charge in [-0.3, -0.25) is 0 Å². The van der Waals surface area contributed by atoms with Crippen LogP contribution in [0.2, 0.25) is 0 Å². The van der Waals surface area contributed by atoms with Gasteiger partial charge in [0.05, 0.1) is 17.0 Å². The quantitative estimate of drug-likeness (QED) is 0.480. The standard InChI is InChI=1S/C22H19F3N6/c1-12-17(5-4-6-19(12)22(23,24)25)13(2)29-21-18-7-15(16-8-26-11-27-9-16)10-28-20(18)30-14(3)31-21/h4-11,13H,1-3H3,(H,28,29,30,31)/t13-/m1/s1. The van der Waals surface area contributed by atoms with Crippen LogP contribution in [0.5, 0.6) is 0 Å². The molecule has 1 atom stereocenters. The third-order valence-corrected chi connectivity index (χ3v) is 5.06. The number of rotatable bonds is 4. The van der Waals surface area contributed by atoms with E-state index in [-0.39, 0.29) is 5.56 Å². The molecule has 0 unspecified atom stereocenters. The number of benzene rings is 1. The lowest BCUT2D eigenvalue weighted by molar-refractivity contribution is -0.138. The van der Waals surface area contributed by atoms with E-state index in [1.807, 2.05) is 6.07 Å². The van der Waals surface area contributed by atoms with Crippen LogP contribution in [-0.2, 0) is 6.18 Å². The summed E-state index contributed by atoms with van der Waals surface area (Å²) in [6.45, 7) is 5.02. The van der Waals surface area contributed by atoms with Crippen LogP contribution in [0.3, 0.4) is 0 Å². The van der Waals surface area contributed by atoms with Crippen LogP contribution in [0.15, 0.2) is 49.2 Å². The molecule has 0 fully saturated rings. The highest BCUT2D eigenvalue weighted by Gasteiger charge is 2.33. The first kappa shape index (κ1) is 20.6. The second-order valence-corrected chi connectivity index (χ2v) is 7.23. The number of alkyl halides is 3. The first-order valence-electron chi connectivity index (χ1n) is 9.57. The van der Waals surface area contributed by atoms with Gasteiger partial charge < -0.3 is 5.32 Å². The van der Waals surface area contributed by atoms with E-state index in [0.717, 1.165) is 17.2 Å². The summed E-state index contributed by atoms with van der Waals surface area (Å²) < 4.78 is 40.0. The fourth-order valence-corrected chi connectivity index (χ4v) is 3.55. The summed E-state index contributed by atoms with van der Waals surface area (Å²) in [6.07, 6.45) is 2.06. The van der Waals surface area contributed by atoms with Crippen LogP contribution in [0, 0.1) is 13.8 Å². The van der Waals surface area contributed by atoms with Crippen molar-refractivity contribution in [2.45, 2.75) is 33.0 Å². The third kappa shape index (κ3) is 4.16. The van der Waals surface area contributed by atoms with Crippen molar-refractivity contribution in [3.8, 4) is 11.1 Å². The van der Waals surface area contributed by atoms with Crippen molar-refractivity contribution in [3.63, 3.8) is 0 Å². The molecule has 0 spiro atoms. The van der Waals surface area contributed by atoms with E-state index in [2.05, 4.69) is 30.2 Å². The van der Waals surface area contributed by atoms with E-state index >= 15 is 0 Å². The number of fused-ring (bicyclic) bond motifs is 1. The second kappa shape index (κ2) is 7.90. The summed E-state index contributed by atoms with van der Waals surface area (Å²) in [5, 5.41) is 3.91. The highest BCUT2D eigenvalue weighted by molar-refractivity contribution is 5.90. The van der Waals surface area contributed by atoms with Crippen molar-refractivity contribution >= 4 is 16.9 Å². The van der Waals surface area contributed by atoms with Crippen molar-refractivity contribution in [2.75, 3.05) is 5.32 Å². The normalized spacial score (nSPS) is 12.7. The molecular weight excluding hydrogens is 405 g/mol. The van der Waals surface area contributed by atoms with Gasteiger partial charge in [-0.1, -0.05) is 12.1 Å². The molecule has 0 saturated heterocycles. The van der Waals surface area contributed by atoms with E-state index in [0.29, 0.717) is 28.2 Å². The molecule has 31 heavy (non-hydrogen) atoms. The maximum Gasteiger partial charge on any atom is 0.416 e. The fourth-order valence-electron chi connectivity index (χ4n) is 3.55. The van der Waals surface area contributed by atoms with E-state index in [1.165, 1.54) is 19.3 Å². The van der Waals surface area contributed by atoms with Gasteiger partial charge in [0.15, 0.2) is 5.65 Å². The molecule has 3 heterocycles. The fraction of sp³-hybridized carbons (Fsp3) is 0.227. The molecule has 6 nitrogen and oxygen atoms in total. The molecule has 0 aliphatic heterocycles. The Morgan fingerprint density at radius 2 is 1.71 bits per heavy atom. The van der Waals surface area contributed by atoms with Gasteiger partial charge in [-0.05, 0) is 44.0 Å². The van der Waals surface area contributed by atoms with Gasteiger partial charge in [0.1, 0.15) is 18.0 Å². The minimum absolute atomic E-state index is 0.185. The smallest absolute Gasteiger partial charge is 0.363 e. The van der Waals surface area contributed by atoms with E-state index in [1.54, 1.807) is 38.5 Å².